The highest BCUT2D eigenvalue weighted by Crippen LogP contribution is 2.40. The first-order valence-corrected chi connectivity index (χ1v) is 13.0. The number of fused-ring (bicyclic) bond motifs is 3. The molecule has 0 spiro atoms. The van der Waals surface area contributed by atoms with Crippen LogP contribution in [0.4, 0.5) is 17.3 Å². The lowest BCUT2D eigenvalue weighted by atomic mass is 10.0. The summed E-state index contributed by atoms with van der Waals surface area (Å²) in [7, 11) is 1.99. The van der Waals surface area contributed by atoms with Crippen LogP contribution in [0.2, 0.25) is 0 Å². The maximum Gasteiger partial charge on any atom is 0.270 e. The van der Waals surface area contributed by atoms with Crippen molar-refractivity contribution < 1.29 is 4.92 Å². The Bertz CT molecular complexity index is 1750. The lowest BCUT2D eigenvalue weighted by Gasteiger charge is -2.28. The van der Waals surface area contributed by atoms with Crippen molar-refractivity contribution in [2.45, 2.75) is 6.17 Å². The van der Waals surface area contributed by atoms with Gasteiger partial charge in [-0.15, -0.1) is 13.2 Å². The summed E-state index contributed by atoms with van der Waals surface area (Å²) in [6.07, 6.45) is 7.67. The van der Waals surface area contributed by atoms with Gasteiger partial charge in [0.05, 0.1) is 21.7 Å². The minimum Gasteiger partial charge on any atom is -0.343 e. The van der Waals surface area contributed by atoms with Gasteiger partial charge < -0.3 is 14.4 Å². The number of rotatable bonds is 8. The van der Waals surface area contributed by atoms with Gasteiger partial charge in [0.25, 0.3) is 5.69 Å². The summed E-state index contributed by atoms with van der Waals surface area (Å²) in [5.41, 5.74) is 5.54. The molecule has 6 rings (SSSR count). The van der Waals surface area contributed by atoms with E-state index in [1.807, 2.05) is 67.7 Å². The second-order valence-electron chi connectivity index (χ2n) is 9.66. The van der Waals surface area contributed by atoms with Crippen LogP contribution >= 0.6 is 0 Å². The van der Waals surface area contributed by atoms with Crippen LogP contribution in [0.5, 0.6) is 0 Å². The number of benzene rings is 3. The van der Waals surface area contributed by atoms with E-state index in [1.54, 1.807) is 12.1 Å². The first-order chi connectivity index (χ1) is 19.5. The molecule has 40 heavy (non-hydrogen) atoms. The quantitative estimate of drug-likeness (QED) is 0.126. The molecule has 0 saturated heterocycles. The molecule has 0 saturated carbocycles. The number of anilines is 2. The number of nitro benzene ring substituents is 1. The molecule has 8 heteroatoms. The number of aromatic nitrogens is 3. The monoisotopic (exact) mass is 528 g/mol. The largest absolute Gasteiger partial charge is 0.343 e. The molecule has 0 atom stereocenters. The van der Waals surface area contributed by atoms with Gasteiger partial charge in [-0.05, 0) is 29.8 Å². The highest BCUT2D eigenvalue weighted by atomic mass is 16.6. The molecular formula is C32H28N6O2. The zero-order valence-electron chi connectivity index (χ0n) is 22.1. The molecule has 0 amide bonds. The molecule has 3 aromatic carbocycles. The number of aryl methyl sites for hydroxylation is 1. The fourth-order valence-electron chi connectivity index (χ4n) is 5.53. The molecule has 0 unspecified atom stereocenters. The van der Waals surface area contributed by atoms with Gasteiger partial charge in [0, 0.05) is 48.7 Å². The van der Waals surface area contributed by atoms with Gasteiger partial charge in [-0.1, -0.05) is 60.7 Å². The summed E-state index contributed by atoms with van der Waals surface area (Å²) >= 11 is 0. The van der Waals surface area contributed by atoms with E-state index in [0.29, 0.717) is 13.1 Å². The van der Waals surface area contributed by atoms with Gasteiger partial charge in [0.15, 0.2) is 11.6 Å². The van der Waals surface area contributed by atoms with Crippen molar-refractivity contribution in [1.29, 1.82) is 0 Å². The van der Waals surface area contributed by atoms with E-state index < -0.39 is 0 Å². The molecule has 0 bridgehead atoms. The molecule has 0 aliphatic carbocycles. The van der Waals surface area contributed by atoms with Crippen molar-refractivity contribution in [2.24, 2.45) is 7.05 Å². The van der Waals surface area contributed by atoms with Crippen molar-refractivity contribution in [2.75, 3.05) is 22.9 Å². The standard InChI is InChI=1S/C32H28N6O2/c1-4-19-36-29(37(20-5-2)32-31(36)33-26-13-9-10-14-27(26)34-32)18-16-24-25-21-23(38(39)40)15-17-28(25)35(3)30(24)22-11-7-6-8-12-22/h4-18,21,29H,1-2,19-20H2,3H3. The molecular weight excluding hydrogens is 500 g/mol. The van der Waals surface area contributed by atoms with Gasteiger partial charge >= 0.3 is 0 Å². The Kier molecular flexibility index (Phi) is 6.36. The predicted octanol–water partition coefficient (Wildman–Crippen LogP) is 6.73. The third-order valence-electron chi connectivity index (χ3n) is 7.28. The van der Waals surface area contributed by atoms with E-state index in [0.717, 1.165) is 50.4 Å². The lowest BCUT2D eigenvalue weighted by molar-refractivity contribution is -0.384. The van der Waals surface area contributed by atoms with E-state index in [9.17, 15) is 10.1 Å². The van der Waals surface area contributed by atoms with E-state index in [2.05, 4.69) is 51.8 Å². The first-order valence-electron chi connectivity index (χ1n) is 13.0. The molecule has 5 aromatic rings. The smallest absolute Gasteiger partial charge is 0.270 e. The average Bonchev–Trinajstić information content (AvgIpc) is 3.41. The van der Waals surface area contributed by atoms with Gasteiger partial charge in [0.1, 0.15) is 6.17 Å². The van der Waals surface area contributed by atoms with Gasteiger partial charge in [-0.25, -0.2) is 9.97 Å². The second kappa shape index (κ2) is 10.1. The minimum atomic E-state index is -0.352. The summed E-state index contributed by atoms with van der Waals surface area (Å²) in [6, 6.07) is 22.9. The van der Waals surface area contributed by atoms with Gasteiger partial charge in [-0.2, -0.15) is 0 Å². The van der Waals surface area contributed by atoms with Crippen LogP contribution in [0.25, 0.3) is 39.3 Å². The second-order valence-corrected chi connectivity index (χ2v) is 9.66. The van der Waals surface area contributed by atoms with Crippen molar-refractivity contribution in [3.63, 3.8) is 0 Å². The maximum atomic E-state index is 11.7. The molecule has 3 heterocycles. The Hall–Kier alpha value is -5.24. The molecule has 0 N–H and O–H groups in total. The topological polar surface area (TPSA) is 80.3 Å². The van der Waals surface area contributed by atoms with Crippen LogP contribution < -0.4 is 9.80 Å². The summed E-state index contributed by atoms with van der Waals surface area (Å²) in [6.45, 7) is 9.10. The number of hydrogen-bond acceptors (Lipinski definition) is 6. The lowest BCUT2D eigenvalue weighted by Crippen LogP contribution is -2.42. The number of nitrogens with zero attached hydrogens (tertiary/aromatic N) is 6. The highest BCUT2D eigenvalue weighted by molar-refractivity contribution is 5.99. The van der Waals surface area contributed by atoms with Crippen LogP contribution in [-0.4, -0.2) is 38.7 Å². The Morgan fingerprint density at radius 2 is 1.50 bits per heavy atom. The number of para-hydroxylation sites is 2. The van der Waals surface area contributed by atoms with Crippen molar-refractivity contribution in [3.8, 4) is 11.3 Å². The Balaban J connectivity index is 1.54. The molecule has 198 valence electrons. The summed E-state index contributed by atoms with van der Waals surface area (Å²) in [4.78, 5) is 25.6. The Labute approximate surface area is 232 Å². The average molecular weight is 529 g/mol. The number of non-ortho nitro benzene ring substituents is 1. The fraction of sp³-hybridized carbons (Fsp3) is 0.125. The SMILES string of the molecule is C=CCN1c2nc3ccccc3nc2N(CC=C)C1C=Cc1c(-c2ccccc2)n(C)c2ccc([N+](=O)[O-])cc12. The van der Waals surface area contributed by atoms with E-state index >= 15 is 0 Å². The zero-order chi connectivity index (χ0) is 27.8. The van der Waals surface area contributed by atoms with E-state index in [4.69, 9.17) is 9.97 Å². The summed E-state index contributed by atoms with van der Waals surface area (Å²) < 4.78 is 2.09. The molecule has 0 radical (unpaired) electrons. The molecule has 1 aliphatic heterocycles. The molecule has 0 fully saturated rings. The van der Waals surface area contributed by atoms with Crippen molar-refractivity contribution >= 4 is 45.3 Å². The van der Waals surface area contributed by atoms with E-state index in [1.165, 1.54) is 0 Å². The number of hydrogen-bond donors (Lipinski definition) is 0. The Morgan fingerprint density at radius 3 is 2.08 bits per heavy atom. The molecule has 1 aliphatic rings. The third kappa shape index (κ3) is 4.10. The van der Waals surface area contributed by atoms with Crippen molar-refractivity contribution in [1.82, 2.24) is 14.5 Å². The maximum absolute atomic E-state index is 11.7. The highest BCUT2D eigenvalue weighted by Gasteiger charge is 2.36. The third-order valence-corrected chi connectivity index (χ3v) is 7.28. The molecule has 8 nitrogen and oxygen atoms in total. The van der Waals surface area contributed by atoms with Gasteiger partial charge in [0.2, 0.25) is 0 Å². The normalized spacial score (nSPS) is 13.4. The summed E-state index contributed by atoms with van der Waals surface area (Å²) in [5.74, 6) is 1.57. The van der Waals surface area contributed by atoms with Crippen LogP contribution in [0.1, 0.15) is 5.56 Å². The van der Waals surface area contributed by atoms with Crippen LogP contribution in [0.3, 0.4) is 0 Å². The molecule has 2 aromatic heterocycles. The summed E-state index contributed by atoms with van der Waals surface area (Å²) in [5, 5.41) is 12.5. The van der Waals surface area contributed by atoms with Crippen LogP contribution in [-0.2, 0) is 7.05 Å². The zero-order valence-corrected chi connectivity index (χ0v) is 22.1. The van der Waals surface area contributed by atoms with E-state index in [-0.39, 0.29) is 16.8 Å². The minimum absolute atomic E-state index is 0.0577. The van der Waals surface area contributed by atoms with Gasteiger partial charge in [-0.3, -0.25) is 10.1 Å². The van der Waals surface area contributed by atoms with Crippen molar-refractivity contribution in [3.05, 3.63) is 120 Å². The predicted molar refractivity (Wildman–Crippen MR) is 162 cm³/mol. The number of nitro groups is 1. The van der Waals surface area contributed by atoms with Crippen LogP contribution in [0, 0.1) is 10.1 Å². The fourth-order valence-corrected chi connectivity index (χ4v) is 5.53. The first kappa shape index (κ1) is 25.1. The van der Waals surface area contributed by atoms with Crippen LogP contribution in [0.15, 0.2) is 104 Å². The Morgan fingerprint density at radius 1 is 0.900 bits per heavy atom.